The zero-order chi connectivity index (χ0) is 19.0. The number of carbonyl (C=O) groups excluding carboxylic acids is 1. The van der Waals surface area contributed by atoms with E-state index in [1.807, 2.05) is 62.4 Å². The third-order valence-electron chi connectivity index (χ3n) is 4.72. The van der Waals surface area contributed by atoms with Crippen LogP contribution in [0.4, 0.5) is 5.82 Å². The highest BCUT2D eigenvalue weighted by Gasteiger charge is 2.28. The summed E-state index contributed by atoms with van der Waals surface area (Å²) in [5, 5.41) is 7.69. The van der Waals surface area contributed by atoms with Gasteiger partial charge in [0.25, 0.3) is 0 Å². The number of carbonyl (C=O) groups is 1. The predicted molar refractivity (Wildman–Crippen MR) is 107 cm³/mol. The number of hydrogen-bond acceptors (Lipinski definition) is 3. The van der Waals surface area contributed by atoms with Crippen LogP contribution in [0.25, 0.3) is 5.69 Å². The lowest BCUT2D eigenvalue weighted by Crippen LogP contribution is -2.18. The van der Waals surface area contributed by atoms with Crippen LogP contribution in [0.15, 0.2) is 48.5 Å². The lowest BCUT2D eigenvalue weighted by molar-refractivity contribution is -0.115. The van der Waals surface area contributed by atoms with Crippen LogP contribution in [0, 0.1) is 13.8 Å². The van der Waals surface area contributed by atoms with E-state index in [1.165, 1.54) is 0 Å². The van der Waals surface area contributed by atoms with Gasteiger partial charge < -0.3 is 5.32 Å². The van der Waals surface area contributed by atoms with Gasteiger partial charge in [-0.05, 0) is 31.0 Å². The first kappa shape index (κ1) is 17.7. The molecule has 1 unspecified atom stereocenters. The van der Waals surface area contributed by atoms with Gasteiger partial charge in [-0.1, -0.05) is 48.0 Å². The van der Waals surface area contributed by atoms with Crippen LogP contribution < -0.4 is 5.32 Å². The topological polar surface area (TPSA) is 64.0 Å². The number of anilines is 1. The highest BCUT2D eigenvalue weighted by molar-refractivity contribution is 7.83. The number of aromatic nitrogens is 2. The summed E-state index contributed by atoms with van der Waals surface area (Å²) in [5.41, 5.74) is 5.77. The molecular formula is C21H21N3O2S. The minimum atomic E-state index is -0.951. The number of para-hydroxylation sites is 1. The molecule has 0 bridgehead atoms. The van der Waals surface area contributed by atoms with Crippen LogP contribution in [-0.2, 0) is 33.5 Å². The van der Waals surface area contributed by atoms with Gasteiger partial charge in [0.15, 0.2) is 0 Å². The molecule has 138 valence electrons. The highest BCUT2D eigenvalue weighted by Crippen LogP contribution is 2.32. The van der Waals surface area contributed by atoms with Crippen molar-refractivity contribution in [2.75, 3.05) is 5.32 Å². The van der Waals surface area contributed by atoms with Crippen molar-refractivity contribution < 1.29 is 9.00 Å². The molecule has 1 aliphatic rings. The molecule has 1 aromatic heterocycles. The largest absolute Gasteiger partial charge is 0.310 e. The Morgan fingerprint density at radius 1 is 1.15 bits per heavy atom. The molecule has 2 aromatic carbocycles. The Kier molecular flexibility index (Phi) is 4.66. The monoisotopic (exact) mass is 379 g/mol. The van der Waals surface area contributed by atoms with Gasteiger partial charge in [0.2, 0.25) is 5.91 Å². The number of aryl methyl sites for hydroxylation is 2. The Bertz CT molecular complexity index is 1060. The van der Waals surface area contributed by atoms with Crippen LogP contribution in [0.5, 0.6) is 0 Å². The van der Waals surface area contributed by atoms with E-state index in [2.05, 4.69) is 10.4 Å². The molecule has 1 aliphatic heterocycles. The average Bonchev–Trinajstić information content (AvgIpc) is 3.12. The van der Waals surface area contributed by atoms with Gasteiger partial charge in [0.05, 0.1) is 29.3 Å². The smallest absolute Gasteiger partial charge is 0.229 e. The molecule has 27 heavy (non-hydrogen) atoms. The maximum atomic E-state index is 12.7. The van der Waals surface area contributed by atoms with Gasteiger partial charge in [-0.2, -0.15) is 5.10 Å². The van der Waals surface area contributed by atoms with Gasteiger partial charge in [0.1, 0.15) is 5.82 Å². The fourth-order valence-corrected chi connectivity index (χ4v) is 4.68. The van der Waals surface area contributed by atoms with E-state index in [0.29, 0.717) is 23.7 Å². The van der Waals surface area contributed by atoms with Gasteiger partial charge >= 0.3 is 0 Å². The van der Waals surface area contributed by atoms with Crippen molar-refractivity contribution in [1.82, 2.24) is 9.78 Å². The number of fused-ring (bicyclic) bond motifs is 1. The Morgan fingerprint density at radius 2 is 1.96 bits per heavy atom. The molecule has 3 aromatic rings. The summed E-state index contributed by atoms with van der Waals surface area (Å²) in [6.07, 6.45) is 0.290. The number of benzene rings is 2. The average molecular weight is 379 g/mol. The third kappa shape index (κ3) is 3.57. The summed E-state index contributed by atoms with van der Waals surface area (Å²) in [6, 6.07) is 15.8. The summed E-state index contributed by atoms with van der Waals surface area (Å²) in [6.45, 7) is 4.02. The van der Waals surface area contributed by atoms with E-state index >= 15 is 0 Å². The quantitative estimate of drug-likeness (QED) is 0.755. The molecule has 0 radical (unpaired) electrons. The maximum absolute atomic E-state index is 12.7. The van der Waals surface area contributed by atoms with E-state index in [-0.39, 0.29) is 5.91 Å². The summed E-state index contributed by atoms with van der Waals surface area (Å²) < 4.78 is 13.8. The second kappa shape index (κ2) is 7.12. The molecule has 1 N–H and O–H groups in total. The lowest BCUT2D eigenvalue weighted by Gasteiger charge is -2.13. The normalized spacial score (nSPS) is 15.6. The van der Waals surface area contributed by atoms with E-state index in [1.54, 1.807) is 4.68 Å². The molecule has 1 atom stereocenters. The van der Waals surface area contributed by atoms with Crippen molar-refractivity contribution in [1.29, 1.82) is 0 Å². The number of nitrogens with one attached hydrogen (secondary N) is 1. The Labute approximate surface area is 160 Å². The number of nitrogens with zero attached hydrogens (tertiary/aromatic N) is 2. The molecule has 0 fully saturated rings. The SMILES string of the molecule is Cc1cccc(CC(=O)Nc2c3c(nn2-c2ccccc2C)CS(=O)C3)c1. The number of amides is 1. The molecule has 0 saturated carbocycles. The van der Waals surface area contributed by atoms with E-state index in [4.69, 9.17) is 0 Å². The summed E-state index contributed by atoms with van der Waals surface area (Å²) in [5.74, 6) is 1.41. The van der Waals surface area contributed by atoms with Crippen molar-refractivity contribution in [2.24, 2.45) is 0 Å². The molecule has 0 spiro atoms. The van der Waals surface area contributed by atoms with E-state index in [9.17, 15) is 9.00 Å². The zero-order valence-electron chi connectivity index (χ0n) is 15.4. The van der Waals surface area contributed by atoms with Crippen molar-refractivity contribution in [2.45, 2.75) is 31.8 Å². The van der Waals surface area contributed by atoms with Crippen molar-refractivity contribution >= 4 is 22.5 Å². The second-order valence-corrected chi connectivity index (χ2v) is 8.37. The third-order valence-corrected chi connectivity index (χ3v) is 5.92. The molecular weight excluding hydrogens is 358 g/mol. The first-order valence-corrected chi connectivity index (χ1v) is 10.4. The number of hydrogen-bond donors (Lipinski definition) is 1. The minimum absolute atomic E-state index is 0.101. The summed E-state index contributed by atoms with van der Waals surface area (Å²) in [7, 11) is -0.951. The van der Waals surface area contributed by atoms with Crippen LogP contribution in [-0.4, -0.2) is 19.9 Å². The Balaban J connectivity index is 1.68. The minimum Gasteiger partial charge on any atom is -0.310 e. The Hall–Kier alpha value is -2.73. The van der Waals surface area contributed by atoms with Gasteiger partial charge in [-0.25, -0.2) is 4.68 Å². The molecule has 2 heterocycles. The summed E-state index contributed by atoms with van der Waals surface area (Å²) in [4.78, 5) is 12.7. The lowest BCUT2D eigenvalue weighted by atomic mass is 10.1. The molecule has 1 amide bonds. The first-order chi connectivity index (χ1) is 13.0. The van der Waals surface area contributed by atoms with Gasteiger partial charge in [0, 0.05) is 16.4 Å². The highest BCUT2D eigenvalue weighted by atomic mass is 32.2. The summed E-state index contributed by atoms with van der Waals surface area (Å²) >= 11 is 0. The first-order valence-electron chi connectivity index (χ1n) is 8.88. The number of rotatable bonds is 4. The molecule has 5 nitrogen and oxygen atoms in total. The molecule has 0 saturated heterocycles. The van der Waals surface area contributed by atoms with Crippen molar-refractivity contribution in [3.63, 3.8) is 0 Å². The van der Waals surface area contributed by atoms with E-state index in [0.717, 1.165) is 33.6 Å². The molecule has 0 aliphatic carbocycles. The van der Waals surface area contributed by atoms with Crippen LogP contribution in [0.3, 0.4) is 0 Å². The molecule has 6 heteroatoms. The van der Waals surface area contributed by atoms with Gasteiger partial charge in [-0.15, -0.1) is 0 Å². The standard InChI is InChI=1S/C21H21N3O2S/c1-14-6-5-8-16(10-14)11-20(25)22-21-17-12-27(26)13-18(17)23-24(21)19-9-4-3-7-15(19)2/h3-10H,11-13H2,1-2H3,(H,22,25). The fraction of sp³-hybridized carbons (Fsp3) is 0.238. The van der Waals surface area contributed by atoms with Crippen LogP contribution in [0.1, 0.15) is 27.9 Å². The predicted octanol–water partition coefficient (Wildman–Crippen LogP) is 3.43. The second-order valence-electron chi connectivity index (χ2n) is 6.91. The van der Waals surface area contributed by atoms with Crippen LogP contribution >= 0.6 is 0 Å². The zero-order valence-corrected chi connectivity index (χ0v) is 16.2. The van der Waals surface area contributed by atoms with Crippen molar-refractivity contribution in [3.8, 4) is 5.69 Å². The van der Waals surface area contributed by atoms with Gasteiger partial charge in [-0.3, -0.25) is 9.00 Å². The maximum Gasteiger partial charge on any atom is 0.229 e. The fourth-order valence-electron chi connectivity index (χ4n) is 3.42. The van der Waals surface area contributed by atoms with Crippen molar-refractivity contribution in [3.05, 3.63) is 76.5 Å². The van der Waals surface area contributed by atoms with Crippen LogP contribution in [0.2, 0.25) is 0 Å². The Morgan fingerprint density at radius 3 is 2.74 bits per heavy atom. The van der Waals surface area contributed by atoms with E-state index < -0.39 is 10.8 Å². The molecule has 4 rings (SSSR count).